The highest BCUT2D eigenvalue weighted by molar-refractivity contribution is 7.89. The normalized spacial score (nSPS) is 12.9. The van der Waals surface area contributed by atoms with Crippen molar-refractivity contribution in [3.05, 3.63) is 65.2 Å². The lowest BCUT2D eigenvalue weighted by atomic mass is 10.0. The van der Waals surface area contributed by atoms with E-state index in [-0.39, 0.29) is 16.8 Å². The first-order valence-electron chi connectivity index (χ1n) is 9.76. The molecule has 0 bridgehead atoms. The fourth-order valence-electron chi connectivity index (χ4n) is 2.96. The molecule has 2 rings (SSSR count). The summed E-state index contributed by atoms with van der Waals surface area (Å²) in [7, 11) is -1.75. The van der Waals surface area contributed by atoms with Gasteiger partial charge in [-0.3, -0.25) is 9.69 Å². The predicted molar refractivity (Wildman–Crippen MR) is 116 cm³/mol. The highest BCUT2D eigenvalue weighted by atomic mass is 32.2. The van der Waals surface area contributed by atoms with Gasteiger partial charge in [0.05, 0.1) is 10.9 Å². The van der Waals surface area contributed by atoms with E-state index in [0.717, 1.165) is 5.56 Å². The molecule has 158 valence electrons. The molecule has 3 N–H and O–H groups in total. The van der Waals surface area contributed by atoms with Crippen molar-refractivity contribution in [3.8, 4) is 0 Å². The van der Waals surface area contributed by atoms with E-state index in [4.69, 9.17) is 5.14 Å². The van der Waals surface area contributed by atoms with Crippen molar-refractivity contribution in [1.82, 2.24) is 10.2 Å². The maximum Gasteiger partial charge on any atom is 0.238 e. The molecule has 0 aliphatic rings. The van der Waals surface area contributed by atoms with Crippen LogP contribution in [0.5, 0.6) is 0 Å². The van der Waals surface area contributed by atoms with Gasteiger partial charge in [0.1, 0.15) is 0 Å². The van der Waals surface area contributed by atoms with E-state index in [1.165, 1.54) is 23.3 Å². The smallest absolute Gasteiger partial charge is 0.238 e. The maximum atomic E-state index is 12.4. The number of carbonyl (C=O) groups is 1. The number of sulfonamides is 1. The molecule has 0 heterocycles. The van der Waals surface area contributed by atoms with Crippen LogP contribution in [-0.2, 0) is 27.8 Å². The Bertz CT molecular complexity index is 907. The average molecular weight is 418 g/mol. The van der Waals surface area contributed by atoms with E-state index in [0.29, 0.717) is 25.4 Å². The summed E-state index contributed by atoms with van der Waals surface area (Å²) in [6.07, 6.45) is 0.615. The topological polar surface area (TPSA) is 92.5 Å². The molecule has 1 atom stereocenters. The molecule has 1 amide bonds. The molecule has 7 heteroatoms. The van der Waals surface area contributed by atoms with Crippen LogP contribution in [0.25, 0.3) is 0 Å². The molecule has 0 saturated heterocycles. The summed E-state index contributed by atoms with van der Waals surface area (Å²) >= 11 is 0. The zero-order valence-corrected chi connectivity index (χ0v) is 18.4. The summed E-state index contributed by atoms with van der Waals surface area (Å²) in [5, 5.41) is 8.04. The summed E-state index contributed by atoms with van der Waals surface area (Å²) in [5.41, 5.74) is 3.41. The highest BCUT2D eigenvalue weighted by Crippen LogP contribution is 2.16. The van der Waals surface area contributed by atoms with Crippen LogP contribution in [0.15, 0.2) is 53.4 Å². The molecule has 0 radical (unpaired) electrons. The van der Waals surface area contributed by atoms with E-state index < -0.39 is 10.0 Å². The number of primary sulfonamides is 1. The Hall–Kier alpha value is -2.22. The molecule has 6 nitrogen and oxygen atoms in total. The zero-order chi connectivity index (χ0) is 21.6. The number of likely N-dealkylation sites (N-methyl/N-ethyl adjacent to an activating group) is 1. The van der Waals surface area contributed by atoms with Crippen molar-refractivity contribution >= 4 is 15.9 Å². The van der Waals surface area contributed by atoms with Crippen molar-refractivity contribution in [1.29, 1.82) is 0 Å². The Kier molecular flexibility index (Phi) is 7.96. The van der Waals surface area contributed by atoms with Gasteiger partial charge in [-0.25, -0.2) is 13.6 Å². The molecule has 0 aliphatic heterocycles. The average Bonchev–Trinajstić information content (AvgIpc) is 2.67. The first-order chi connectivity index (χ1) is 13.6. The van der Waals surface area contributed by atoms with E-state index in [2.05, 4.69) is 43.4 Å². The second-order valence-corrected chi connectivity index (χ2v) is 9.28. The van der Waals surface area contributed by atoms with Gasteiger partial charge in [0, 0.05) is 13.1 Å². The van der Waals surface area contributed by atoms with Gasteiger partial charge < -0.3 is 5.32 Å². The number of nitrogens with two attached hydrogens (primary N) is 1. The first-order valence-corrected chi connectivity index (χ1v) is 11.3. The third kappa shape index (κ3) is 6.96. The van der Waals surface area contributed by atoms with Crippen LogP contribution in [0.2, 0.25) is 0 Å². The Morgan fingerprint density at radius 1 is 1.00 bits per heavy atom. The number of nitrogens with zero attached hydrogens (tertiary/aromatic N) is 1. The van der Waals surface area contributed by atoms with Gasteiger partial charge in [0.2, 0.25) is 15.9 Å². The summed E-state index contributed by atoms with van der Waals surface area (Å²) in [6, 6.07) is 14.6. The second-order valence-electron chi connectivity index (χ2n) is 7.72. The predicted octanol–water partition coefficient (Wildman–Crippen LogP) is 2.64. The molecule has 0 saturated carbocycles. The van der Waals surface area contributed by atoms with E-state index in [9.17, 15) is 13.2 Å². The van der Waals surface area contributed by atoms with Crippen molar-refractivity contribution in [3.63, 3.8) is 0 Å². The number of benzene rings is 2. The van der Waals surface area contributed by atoms with Gasteiger partial charge in [-0.2, -0.15) is 0 Å². The molecule has 2 aromatic rings. The van der Waals surface area contributed by atoms with Crippen molar-refractivity contribution in [2.75, 3.05) is 13.6 Å². The summed E-state index contributed by atoms with van der Waals surface area (Å²) < 4.78 is 22.6. The van der Waals surface area contributed by atoms with Crippen molar-refractivity contribution in [2.45, 2.75) is 50.6 Å². The highest BCUT2D eigenvalue weighted by Gasteiger charge is 2.18. The van der Waals surface area contributed by atoms with Crippen LogP contribution in [0.4, 0.5) is 0 Å². The van der Waals surface area contributed by atoms with Gasteiger partial charge >= 0.3 is 0 Å². The number of rotatable bonds is 9. The lowest BCUT2D eigenvalue weighted by Crippen LogP contribution is -2.43. The largest absolute Gasteiger partial charge is 0.354 e. The van der Waals surface area contributed by atoms with Gasteiger partial charge in [0.15, 0.2) is 0 Å². The number of hydrogen-bond donors (Lipinski definition) is 2. The van der Waals surface area contributed by atoms with Gasteiger partial charge in [-0.05, 0) is 55.1 Å². The molecule has 2 aromatic carbocycles. The van der Waals surface area contributed by atoms with Gasteiger partial charge in [-0.15, -0.1) is 0 Å². The Labute approximate surface area is 174 Å². The SMILES string of the molecule is CC(C)c1ccc(CN(C)C(C)C(=O)NCCc2ccc(S(N)(=O)=O)cc2)cc1. The number of nitrogens with one attached hydrogen (secondary N) is 1. The third-order valence-electron chi connectivity index (χ3n) is 5.08. The van der Waals surface area contributed by atoms with E-state index in [1.54, 1.807) is 12.1 Å². The van der Waals surface area contributed by atoms with E-state index >= 15 is 0 Å². The van der Waals surface area contributed by atoms with Crippen LogP contribution in [0.3, 0.4) is 0 Å². The minimum atomic E-state index is -3.68. The fraction of sp³-hybridized carbons (Fsp3) is 0.409. The van der Waals surface area contributed by atoms with Crippen LogP contribution in [0.1, 0.15) is 43.4 Å². The number of hydrogen-bond acceptors (Lipinski definition) is 4. The van der Waals surface area contributed by atoms with Crippen molar-refractivity contribution in [2.24, 2.45) is 5.14 Å². The first kappa shape index (κ1) is 23.1. The van der Waals surface area contributed by atoms with Crippen LogP contribution in [0, 0.1) is 0 Å². The molecular formula is C22H31N3O3S. The zero-order valence-electron chi connectivity index (χ0n) is 17.6. The van der Waals surface area contributed by atoms with Gasteiger partial charge in [0.25, 0.3) is 0 Å². The standard InChI is InChI=1S/C22H31N3O3S/c1-16(2)20-9-5-19(6-10-20)15-25(4)17(3)22(26)24-14-13-18-7-11-21(12-8-18)29(23,27)28/h5-12,16-17H,13-15H2,1-4H3,(H,24,26)(H2,23,27,28). The summed E-state index contributed by atoms with van der Waals surface area (Å²) in [5.74, 6) is 0.467. The number of carbonyl (C=O) groups excluding carboxylic acids is 1. The minimum Gasteiger partial charge on any atom is -0.354 e. The lowest BCUT2D eigenvalue weighted by Gasteiger charge is -2.24. The van der Waals surface area contributed by atoms with E-state index in [1.807, 2.05) is 18.9 Å². The molecule has 0 fully saturated rings. The molecule has 29 heavy (non-hydrogen) atoms. The fourth-order valence-corrected chi connectivity index (χ4v) is 3.47. The Morgan fingerprint density at radius 3 is 2.07 bits per heavy atom. The van der Waals surface area contributed by atoms with Crippen LogP contribution < -0.4 is 10.5 Å². The summed E-state index contributed by atoms with van der Waals surface area (Å²) in [6.45, 7) is 7.40. The third-order valence-corrected chi connectivity index (χ3v) is 6.01. The second kappa shape index (κ2) is 10.0. The lowest BCUT2D eigenvalue weighted by molar-refractivity contribution is -0.125. The van der Waals surface area contributed by atoms with Crippen LogP contribution in [-0.4, -0.2) is 38.9 Å². The monoisotopic (exact) mass is 417 g/mol. The minimum absolute atomic E-state index is 0.0348. The molecule has 1 unspecified atom stereocenters. The maximum absolute atomic E-state index is 12.4. The molecule has 0 aromatic heterocycles. The summed E-state index contributed by atoms with van der Waals surface area (Å²) in [4.78, 5) is 14.5. The molecule has 0 aliphatic carbocycles. The number of amides is 1. The molecular weight excluding hydrogens is 386 g/mol. The van der Waals surface area contributed by atoms with Crippen LogP contribution >= 0.6 is 0 Å². The molecule has 0 spiro atoms. The quantitative estimate of drug-likeness (QED) is 0.656. The van der Waals surface area contributed by atoms with Gasteiger partial charge in [-0.1, -0.05) is 50.2 Å². The van der Waals surface area contributed by atoms with Crippen molar-refractivity contribution < 1.29 is 13.2 Å². The Morgan fingerprint density at radius 2 is 1.55 bits per heavy atom. The Balaban J connectivity index is 1.81.